The minimum absolute atomic E-state index is 0.356. The SMILES string of the molecule is CC1(O)CCCN(Cc2ccc(C(N)=S)cc2Cl)C1. The minimum Gasteiger partial charge on any atom is -0.389 e. The molecule has 104 valence electrons. The Kier molecular flexibility index (Phi) is 4.46. The van der Waals surface area contributed by atoms with E-state index in [1.807, 2.05) is 19.1 Å². The predicted octanol–water partition coefficient (Wildman–Crippen LogP) is 2.32. The van der Waals surface area contributed by atoms with Crippen LogP contribution in [0.5, 0.6) is 0 Å². The second kappa shape index (κ2) is 5.75. The van der Waals surface area contributed by atoms with Crippen molar-refractivity contribution in [1.82, 2.24) is 4.90 Å². The van der Waals surface area contributed by atoms with Crippen molar-refractivity contribution in [3.63, 3.8) is 0 Å². The lowest BCUT2D eigenvalue weighted by Crippen LogP contribution is -2.45. The molecule has 1 aliphatic heterocycles. The molecule has 1 aromatic rings. The van der Waals surface area contributed by atoms with Crippen molar-refractivity contribution in [3.05, 3.63) is 34.3 Å². The van der Waals surface area contributed by atoms with Gasteiger partial charge >= 0.3 is 0 Å². The van der Waals surface area contributed by atoms with E-state index in [0.29, 0.717) is 16.6 Å². The van der Waals surface area contributed by atoms with Crippen molar-refractivity contribution in [3.8, 4) is 0 Å². The van der Waals surface area contributed by atoms with E-state index in [0.717, 1.165) is 37.1 Å². The van der Waals surface area contributed by atoms with E-state index >= 15 is 0 Å². The number of rotatable bonds is 3. The van der Waals surface area contributed by atoms with Gasteiger partial charge in [-0.1, -0.05) is 36.0 Å². The fourth-order valence-corrected chi connectivity index (χ4v) is 2.90. The summed E-state index contributed by atoms with van der Waals surface area (Å²) in [5, 5.41) is 10.8. The number of thiocarbonyl (C=S) groups is 1. The van der Waals surface area contributed by atoms with Gasteiger partial charge in [0.1, 0.15) is 4.99 Å². The van der Waals surface area contributed by atoms with Gasteiger partial charge in [0.15, 0.2) is 0 Å². The summed E-state index contributed by atoms with van der Waals surface area (Å²) in [6, 6.07) is 5.66. The van der Waals surface area contributed by atoms with Crippen LogP contribution >= 0.6 is 23.8 Å². The zero-order valence-electron chi connectivity index (χ0n) is 11.0. The van der Waals surface area contributed by atoms with Gasteiger partial charge in [-0.2, -0.15) is 0 Å². The fourth-order valence-electron chi connectivity index (χ4n) is 2.53. The maximum atomic E-state index is 10.1. The molecule has 0 spiro atoms. The molecular formula is C14H19ClN2OS. The molecule has 3 nitrogen and oxygen atoms in total. The summed E-state index contributed by atoms with van der Waals surface area (Å²) in [7, 11) is 0. The van der Waals surface area contributed by atoms with Crippen LogP contribution in [0.3, 0.4) is 0 Å². The van der Waals surface area contributed by atoms with Gasteiger partial charge in [0.25, 0.3) is 0 Å². The number of likely N-dealkylation sites (tertiary alicyclic amines) is 1. The van der Waals surface area contributed by atoms with Crippen LogP contribution in [-0.2, 0) is 6.54 Å². The molecule has 5 heteroatoms. The van der Waals surface area contributed by atoms with Crippen molar-refractivity contribution in [1.29, 1.82) is 0 Å². The van der Waals surface area contributed by atoms with Crippen LogP contribution in [0.1, 0.15) is 30.9 Å². The maximum Gasteiger partial charge on any atom is 0.104 e. The number of hydrogen-bond donors (Lipinski definition) is 2. The molecule has 1 fully saturated rings. The van der Waals surface area contributed by atoms with Crippen LogP contribution in [-0.4, -0.2) is 33.7 Å². The minimum atomic E-state index is -0.594. The van der Waals surface area contributed by atoms with E-state index < -0.39 is 5.60 Å². The van der Waals surface area contributed by atoms with Gasteiger partial charge in [0.05, 0.1) is 5.60 Å². The van der Waals surface area contributed by atoms with Crippen LogP contribution in [0, 0.1) is 0 Å². The van der Waals surface area contributed by atoms with Crippen LogP contribution in [0.25, 0.3) is 0 Å². The normalized spacial score (nSPS) is 24.4. The molecule has 1 heterocycles. The van der Waals surface area contributed by atoms with Gasteiger partial charge in [-0.15, -0.1) is 0 Å². The number of nitrogens with zero attached hydrogens (tertiary/aromatic N) is 1. The molecule has 1 aliphatic rings. The number of nitrogens with two attached hydrogens (primary N) is 1. The zero-order valence-corrected chi connectivity index (χ0v) is 12.6. The zero-order chi connectivity index (χ0) is 14.0. The van der Waals surface area contributed by atoms with Crippen LogP contribution < -0.4 is 5.73 Å². The van der Waals surface area contributed by atoms with Gasteiger partial charge in [0, 0.05) is 23.7 Å². The first-order valence-electron chi connectivity index (χ1n) is 6.40. The Morgan fingerprint density at radius 1 is 1.58 bits per heavy atom. The van der Waals surface area contributed by atoms with E-state index in [2.05, 4.69) is 4.90 Å². The smallest absolute Gasteiger partial charge is 0.104 e. The second-order valence-electron chi connectivity index (χ2n) is 5.48. The Bertz CT molecular complexity index is 490. The topological polar surface area (TPSA) is 49.5 Å². The Balaban J connectivity index is 2.09. The molecule has 0 amide bonds. The molecule has 0 saturated carbocycles. The highest BCUT2D eigenvalue weighted by molar-refractivity contribution is 7.80. The maximum absolute atomic E-state index is 10.1. The van der Waals surface area contributed by atoms with E-state index in [1.165, 1.54) is 0 Å². The number of aliphatic hydroxyl groups is 1. The van der Waals surface area contributed by atoms with Gasteiger partial charge in [0.2, 0.25) is 0 Å². The third kappa shape index (κ3) is 3.89. The summed E-state index contributed by atoms with van der Waals surface area (Å²) in [4.78, 5) is 2.58. The van der Waals surface area contributed by atoms with Crippen LogP contribution in [0.4, 0.5) is 0 Å². The average molecular weight is 299 g/mol. The van der Waals surface area contributed by atoms with Crippen molar-refractivity contribution < 1.29 is 5.11 Å². The van der Waals surface area contributed by atoms with Crippen molar-refractivity contribution >= 4 is 28.8 Å². The highest BCUT2D eigenvalue weighted by Crippen LogP contribution is 2.25. The number of piperidine rings is 1. The largest absolute Gasteiger partial charge is 0.389 e. The molecule has 3 N–H and O–H groups in total. The van der Waals surface area contributed by atoms with E-state index in [9.17, 15) is 5.11 Å². The Morgan fingerprint density at radius 2 is 2.32 bits per heavy atom. The van der Waals surface area contributed by atoms with Gasteiger partial charge in [-0.25, -0.2) is 0 Å². The number of β-amino-alcohol motifs (C(OH)–C–C–N with tert-alkyl or cyclic N) is 1. The molecule has 0 aliphatic carbocycles. The third-order valence-electron chi connectivity index (χ3n) is 3.49. The van der Waals surface area contributed by atoms with Crippen LogP contribution in [0.2, 0.25) is 5.02 Å². The van der Waals surface area contributed by atoms with E-state index in [4.69, 9.17) is 29.6 Å². The Hall–Kier alpha value is -0.680. The average Bonchev–Trinajstić information content (AvgIpc) is 2.30. The second-order valence-corrected chi connectivity index (χ2v) is 6.33. The molecule has 19 heavy (non-hydrogen) atoms. The summed E-state index contributed by atoms with van der Waals surface area (Å²) in [6.45, 7) is 4.30. The molecule has 0 radical (unpaired) electrons. The Morgan fingerprint density at radius 3 is 2.89 bits per heavy atom. The summed E-state index contributed by atoms with van der Waals surface area (Å²) in [5.41, 5.74) is 6.82. The summed E-state index contributed by atoms with van der Waals surface area (Å²) >= 11 is 11.2. The first kappa shape index (κ1) is 14.7. The quantitative estimate of drug-likeness (QED) is 0.841. The lowest BCUT2D eigenvalue weighted by atomic mass is 9.95. The molecule has 2 rings (SSSR count). The molecule has 1 saturated heterocycles. The number of benzene rings is 1. The van der Waals surface area contributed by atoms with Gasteiger partial charge in [-0.05, 0) is 37.9 Å². The summed E-state index contributed by atoms with van der Waals surface area (Å²) in [5.74, 6) is 0. The van der Waals surface area contributed by atoms with Crippen molar-refractivity contribution in [2.75, 3.05) is 13.1 Å². The fraction of sp³-hybridized carbons (Fsp3) is 0.500. The summed E-state index contributed by atoms with van der Waals surface area (Å²) in [6.07, 6.45) is 1.87. The monoisotopic (exact) mass is 298 g/mol. The van der Waals surface area contributed by atoms with E-state index in [1.54, 1.807) is 6.07 Å². The van der Waals surface area contributed by atoms with Crippen molar-refractivity contribution in [2.45, 2.75) is 31.9 Å². The lowest BCUT2D eigenvalue weighted by Gasteiger charge is -2.37. The molecule has 1 atom stereocenters. The summed E-state index contributed by atoms with van der Waals surface area (Å²) < 4.78 is 0. The lowest BCUT2D eigenvalue weighted by molar-refractivity contribution is -0.0181. The molecule has 0 bridgehead atoms. The number of hydrogen-bond acceptors (Lipinski definition) is 3. The van der Waals surface area contributed by atoms with Crippen LogP contribution in [0.15, 0.2) is 18.2 Å². The predicted molar refractivity (Wildman–Crippen MR) is 82.5 cm³/mol. The molecular weight excluding hydrogens is 280 g/mol. The Labute approximate surface area is 124 Å². The van der Waals surface area contributed by atoms with Crippen molar-refractivity contribution in [2.24, 2.45) is 5.73 Å². The highest BCUT2D eigenvalue weighted by atomic mass is 35.5. The first-order valence-corrected chi connectivity index (χ1v) is 7.19. The van der Waals surface area contributed by atoms with Gasteiger partial charge < -0.3 is 10.8 Å². The molecule has 0 aromatic heterocycles. The third-order valence-corrected chi connectivity index (χ3v) is 4.07. The molecule has 1 aromatic carbocycles. The first-order chi connectivity index (χ1) is 8.87. The van der Waals surface area contributed by atoms with Gasteiger partial charge in [-0.3, -0.25) is 4.90 Å². The molecule has 1 unspecified atom stereocenters. The standard InChI is InChI=1S/C14H19ClN2OS/c1-14(18)5-2-6-17(9-14)8-11-4-3-10(13(16)19)7-12(11)15/h3-4,7,18H,2,5-6,8-9H2,1H3,(H2,16,19). The van der Waals surface area contributed by atoms with E-state index in [-0.39, 0.29) is 0 Å². The number of halogens is 1. The highest BCUT2D eigenvalue weighted by Gasteiger charge is 2.28.